The number of esters is 2. The molecule has 0 aliphatic heterocycles. The van der Waals surface area contributed by atoms with Crippen LogP contribution in [-0.2, 0) is 23.7 Å². The maximum absolute atomic E-state index is 11.7. The van der Waals surface area contributed by atoms with Gasteiger partial charge in [0, 0.05) is 0 Å². The van der Waals surface area contributed by atoms with E-state index >= 15 is 0 Å². The molecule has 0 radical (unpaired) electrons. The zero-order chi connectivity index (χ0) is 24.8. The summed E-state index contributed by atoms with van der Waals surface area (Å²) >= 11 is 0.750. The maximum atomic E-state index is 11.7. The van der Waals surface area contributed by atoms with Crippen LogP contribution in [-0.4, -0.2) is 22.2 Å². The molecule has 0 aromatic heterocycles. The van der Waals surface area contributed by atoms with Gasteiger partial charge in [-0.05, 0) is 48.5 Å². The van der Waals surface area contributed by atoms with Gasteiger partial charge < -0.3 is 19.7 Å². The number of carbonyl (C=O) groups is 2. The van der Waals surface area contributed by atoms with Gasteiger partial charge in [-0.25, -0.2) is 9.59 Å². The number of aromatic hydroxyl groups is 2. The van der Waals surface area contributed by atoms with Crippen molar-refractivity contribution in [3.05, 3.63) is 120 Å². The fourth-order valence-corrected chi connectivity index (χ4v) is 2.59. The van der Waals surface area contributed by atoms with Crippen LogP contribution in [0.4, 0.5) is 0 Å². The molecule has 0 heterocycles. The van der Waals surface area contributed by atoms with Gasteiger partial charge in [-0.2, -0.15) is 0 Å². The number of para-hydroxylation sites is 4. The summed E-state index contributed by atoms with van der Waals surface area (Å²) in [6.45, 7) is 0. The first-order valence-corrected chi connectivity index (χ1v) is 10.5. The SMILES string of the molecule is O=C(Oc1ccccc1)c1ccccc1O.O=C(Oc1ccccc1)c1ccccc1O.[O]=[Ti]. The molecule has 0 unspecified atom stereocenters. The first-order valence-electron chi connectivity index (χ1n) is 9.85. The molecule has 0 amide bonds. The van der Waals surface area contributed by atoms with Crippen molar-refractivity contribution >= 4 is 11.9 Å². The van der Waals surface area contributed by atoms with Crippen LogP contribution in [0.1, 0.15) is 20.7 Å². The molecule has 0 aliphatic carbocycles. The molecule has 34 heavy (non-hydrogen) atoms. The zero-order valence-corrected chi connectivity index (χ0v) is 19.4. The van der Waals surface area contributed by atoms with Crippen LogP contribution in [0.2, 0.25) is 0 Å². The molecular formula is C26H20O7Ti. The molecule has 0 spiro atoms. The predicted molar refractivity (Wildman–Crippen MR) is 120 cm³/mol. The average molecular weight is 492 g/mol. The van der Waals surface area contributed by atoms with Gasteiger partial charge in [0.2, 0.25) is 0 Å². The Balaban J connectivity index is 0.000000224. The van der Waals surface area contributed by atoms with Crippen LogP contribution in [0, 0.1) is 0 Å². The van der Waals surface area contributed by atoms with Gasteiger partial charge in [0.15, 0.2) is 0 Å². The van der Waals surface area contributed by atoms with Crippen molar-refractivity contribution in [2.45, 2.75) is 0 Å². The summed E-state index contributed by atoms with van der Waals surface area (Å²) in [5, 5.41) is 18.9. The van der Waals surface area contributed by atoms with E-state index in [2.05, 4.69) is 0 Å². The van der Waals surface area contributed by atoms with Crippen molar-refractivity contribution in [1.29, 1.82) is 0 Å². The second-order valence-electron chi connectivity index (χ2n) is 6.44. The number of phenolic OH excluding ortho intramolecular Hbond substituents is 2. The van der Waals surface area contributed by atoms with Gasteiger partial charge in [0.25, 0.3) is 0 Å². The van der Waals surface area contributed by atoms with Crippen molar-refractivity contribution in [2.75, 3.05) is 0 Å². The minimum absolute atomic E-state index is 0.0802. The van der Waals surface area contributed by atoms with Crippen LogP contribution in [0.25, 0.3) is 0 Å². The third-order valence-corrected chi connectivity index (χ3v) is 4.16. The molecule has 0 fully saturated rings. The van der Waals surface area contributed by atoms with E-state index in [1.54, 1.807) is 72.8 Å². The number of carbonyl (C=O) groups excluding carboxylic acids is 2. The molecule has 8 heteroatoms. The van der Waals surface area contributed by atoms with E-state index in [1.165, 1.54) is 24.3 Å². The van der Waals surface area contributed by atoms with Crippen molar-refractivity contribution in [1.82, 2.24) is 0 Å². The topological polar surface area (TPSA) is 110 Å². The number of hydrogen-bond acceptors (Lipinski definition) is 7. The average Bonchev–Trinajstić information content (AvgIpc) is 2.87. The number of rotatable bonds is 4. The summed E-state index contributed by atoms with van der Waals surface area (Å²) in [6, 6.07) is 30.0. The molecule has 0 aliphatic rings. The van der Waals surface area contributed by atoms with Gasteiger partial charge in [-0.15, -0.1) is 0 Å². The Morgan fingerprint density at radius 2 is 0.794 bits per heavy atom. The number of ether oxygens (including phenoxy) is 2. The van der Waals surface area contributed by atoms with Crippen molar-refractivity contribution in [3.63, 3.8) is 0 Å². The summed E-state index contributed by atoms with van der Waals surface area (Å²) in [6.07, 6.45) is 0. The fraction of sp³-hybridized carbons (Fsp3) is 0. The molecule has 170 valence electrons. The molecule has 4 aromatic carbocycles. The molecule has 4 aromatic rings. The van der Waals surface area contributed by atoms with Crippen LogP contribution in [0.15, 0.2) is 109 Å². The van der Waals surface area contributed by atoms with E-state index in [0.29, 0.717) is 11.5 Å². The molecule has 0 bridgehead atoms. The molecule has 0 saturated heterocycles. The van der Waals surface area contributed by atoms with Crippen LogP contribution in [0.3, 0.4) is 0 Å². The van der Waals surface area contributed by atoms with E-state index in [4.69, 9.17) is 12.8 Å². The molecule has 4 rings (SSSR count). The van der Waals surface area contributed by atoms with Crippen molar-refractivity contribution in [3.8, 4) is 23.0 Å². The fourth-order valence-electron chi connectivity index (χ4n) is 2.59. The number of benzene rings is 4. The van der Waals surface area contributed by atoms with Crippen LogP contribution >= 0.6 is 0 Å². The third-order valence-electron chi connectivity index (χ3n) is 4.16. The Kier molecular flexibility index (Phi) is 10.9. The van der Waals surface area contributed by atoms with E-state index in [9.17, 15) is 19.8 Å². The van der Waals surface area contributed by atoms with Gasteiger partial charge in [0.05, 0.1) is 0 Å². The second-order valence-corrected chi connectivity index (χ2v) is 6.44. The van der Waals surface area contributed by atoms with Crippen LogP contribution in [0.5, 0.6) is 23.0 Å². The second kappa shape index (κ2) is 14.2. The van der Waals surface area contributed by atoms with E-state index in [-0.39, 0.29) is 22.6 Å². The normalized spacial score (nSPS) is 9.26. The van der Waals surface area contributed by atoms with E-state index in [0.717, 1.165) is 20.4 Å². The van der Waals surface area contributed by atoms with Crippen LogP contribution < -0.4 is 9.47 Å². The van der Waals surface area contributed by atoms with Gasteiger partial charge in [-0.3, -0.25) is 0 Å². The minimum atomic E-state index is -0.565. The summed E-state index contributed by atoms with van der Waals surface area (Å²) < 4.78 is 18.4. The van der Waals surface area contributed by atoms with E-state index < -0.39 is 11.9 Å². The Hall–Kier alpha value is -4.07. The summed E-state index contributed by atoms with van der Waals surface area (Å²) in [4.78, 5) is 23.3. The first-order chi connectivity index (χ1) is 16.5. The molecule has 0 saturated carbocycles. The van der Waals surface area contributed by atoms with Gasteiger partial charge in [-0.1, -0.05) is 60.7 Å². The molecule has 2 N–H and O–H groups in total. The zero-order valence-electron chi connectivity index (χ0n) is 17.8. The first kappa shape index (κ1) is 26.2. The Labute approximate surface area is 207 Å². The third kappa shape index (κ3) is 8.13. The standard InChI is InChI=1S/2C13H10O3.O.Ti/c2*14-12-9-5-4-8-11(12)13(15)16-10-6-2-1-3-7-10;;/h2*1-9,14H;;. The van der Waals surface area contributed by atoms with Crippen molar-refractivity contribution in [2.24, 2.45) is 0 Å². The van der Waals surface area contributed by atoms with Gasteiger partial charge in [0.1, 0.15) is 34.1 Å². The summed E-state index contributed by atoms with van der Waals surface area (Å²) in [7, 11) is 0. The molecule has 0 atom stereocenters. The monoisotopic (exact) mass is 492 g/mol. The Morgan fingerprint density at radius 3 is 1.12 bits per heavy atom. The van der Waals surface area contributed by atoms with Crippen molar-refractivity contribution < 1.29 is 53.0 Å². The number of hydrogen-bond donors (Lipinski definition) is 2. The Morgan fingerprint density at radius 1 is 0.500 bits per heavy atom. The van der Waals surface area contributed by atoms with E-state index in [1.807, 2.05) is 12.1 Å². The summed E-state index contributed by atoms with van der Waals surface area (Å²) in [5.74, 6) is -0.382. The molecule has 7 nitrogen and oxygen atoms in total. The molecular weight excluding hydrogens is 472 g/mol. The summed E-state index contributed by atoms with van der Waals surface area (Å²) in [5.41, 5.74) is 0.317. The van der Waals surface area contributed by atoms with Gasteiger partial charge >= 0.3 is 35.7 Å². The number of phenols is 2. The quantitative estimate of drug-likeness (QED) is 0.232. The Bertz CT molecular complexity index is 1100. The predicted octanol–water partition coefficient (Wildman–Crippen LogP) is 5.10.